The van der Waals surface area contributed by atoms with Crippen molar-refractivity contribution in [2.45, 2.75) is 57.8 Å². The Bertz CT molecular complexity index is 444. The summed E-state index contributed by atoms with van der Waals surface area (Å²) in [7, 11) is 0. The third-order valence-electron chi connectivity index (χ3n) is 4.32. The molecule has 21 heavy (non-hydrogen) atoms. The molecule has 3 unspecified atom stereocenters. The summed E-state index contributed by atoms with van der Waals surface area (Å²) in [6.45, 7) is 2.85. The van der Waals surface area contributed by atoms with E-state index in [0.29, 0.717) is 6.42 Å². The first kappa shape index (κ1) is 16.3. The van der Waals surface area contributed by atoms with E-state index in [1.807, 2.05) is 10.8 Å². The molecule has 7 heteroatoms. The van der Waals surface area contributed by atoms with Gasteiger partial charge in [0.05, 0.1) is 12.0 Å². The lowest BCUT2D eigenvalue weighted by atomic mass is 9.77. The number of nitrogens with one attached hydrogen (secondary N) is 1. The molecule has 0 radical (unpaired) electrons. The van der Waals surface area contributed by atoms with Crippen LogP contribution in [0.1, 0.15) is 50.9 Å². The van der Waals surface area contributed by atoms with Gasteiger partial charge in [-0.15, -0.1) is 0 Å². The second-order valence-electron chi connectivity index (χ2n) is 5.79. The minimum atomic E-state index is -4.11. The third-order valence-corrected chi connectivity index (χ3v) is 4.32. The molecule has 1 saturated carbocycles. The van der Waals surface area contributed by atoms with E-state index in [9.17, 15) is 13.2 Å². The lowest BCUT2D eigenvalue weighted by Crippen LogP contribution is -2.39. The molecule has 4 nitrogen and oxygen atoms in total. The molecular weight excluding hydrogens is 281 g/mol. The maximum atomic E-state index is 13.0. The number of hydrogen-bond donors (Lipinski definition) is 2. The van der Waals surface area contributed by atoms with Gasteiger partial charge in [0.15, 0.2) is 0 Å². The topological polar surface area (TPSA) is 55.9 Å². The largest absolute Gasteiger partial charge is 0.391 e. The van der Waals surface area contributed by atoms with E-state index in [4.69, 9.17) is 5.84 Å². The highest BCUT2D eigenvalue weighted by molar-refractivity contribution is 5.02. The number of aryl methyl sites for hydroxylation is 1. The fourth-order valence-corrected chi connectivity index (χ4v) is 3.28. The van der Waals surface area contributed by atoms with Crippen molar-refractivity contribution in [3.05, 3.63) is 18.2 Å². The van der Waals surface area contributed by atoms with E-state index < -0.39 is 12.1 Å². The quantitative estimate of drug-likeness (QED) is 0.649. The molecule has 3 atom stereocenters. The highest BCUT2D eigenvalue weighted by Gasteiger charge is 2.44. The number of nitrogens with zero attached hydrogens (tertiary/aromatic N) is 2. The van der Waals surface area contributed by atoms with Crippen LogP contribution < -0.4 is 11.3 Å². The number of hydrazine groups is 1. The number of nitrogens with two attached hydrogens (primary N) is 1. The zero-order valence-corrected chi connectivity index (χ0v) is 12.2. The predicted octanol–water partition coefficient (Wildman–Crippen LogP) is 3.17. The van der Waals surface area contributed by atoms with E-state index in [1.165, 1.54) is 0 Å². The fourth-order valence-electron chi connectivity index (χ4n) is 3.28. The van der Waals surface area contributed by atoms with Crippen molar-refractivity contribution in [1.82, 2.24) is 15.0 Å². The summed E-state index contributed by atoms with van der Waals surface area (Å²) < 4.78 is 40.8. The molecule has 1 heterocycles. The Balaban J connectivity index is 2.15. The molecule has 1 fully saturated rings. The molecule has 0 bridgehead atoms. The second kappa shape index (κ2) is 6.79. The number of aromatic nitrogens is 2. The minimum Gasteiger partial charge on any atom is -0.334 e. The van der Waals surface area contributed by atoms with Crippen LogP contribution in [0.5, 0.6) is 0 Å². The van der Waals surface area contributed by atoms with E-state index in [-0.39, 0.29) is 24.8 Å². The summed E-state index contributed by atoms with van der Waals surface area (Å²) in [4.78, 5) is 4.31. The van der Waals surface area contributed by atoms with Gasteiger partial charge in [0.1, 0.15) is 5.82 Å². The van der Waals surface area contributed by atoms with Gasteiger partial charge < -0.3 is 4.57 Å². The lowest BCUT2D eigenvalue weighted by molar-refractivity contribution is -0.186. The van der Waals surface area contributed by atoms with Crippen LogP contribution in [-0.4, -0.2) is 15.7 Å². The SMILES string of the molecule is CCCn1ccnc1C(NN)C1CCCC(C(F)(F)F)C1. The van der Waals surface area contributed by atoms with Crippen molar-refractivity contribution in [1.29, 1.82) is 0 Å². The molecule has 2 rings (SSSR count). The van der Waals surface area contributed by atoms with Crippen molar-refractivity contribution in [3.8, 4) is 0 Å². The van der Waals surface area contributed by atoms with Gasteiger partial charge in [-0.25, -0.2) is 10.4 Å². The van der Waals surface area contributed by atoms with Gasteiger partial charge in [-0.05, 0) is 31.6 Å². The summed E-state index contributed by atoms with van der Waals surface area (Å²) in [6, 6.07) is -0.322. The van der Waals surface area contributed by atoms with Gasteiger partial charge >= 0.3 is 6.18 Å². The zero-order chi connectivity index (χ0) is 15.5. The van der Waals surface area contributed by atoms with Gasteiger partial charge in [0.25, 0.3) is 0 Å². The maximum absolute atomic E-state index is 13.0. The molecule has 0 aromatic carbocycles. The normalized spacial score (nSPS) is 25.0. The molecule has 0 amide bonds. The van der Waals surface area contributed by atoms with E-state index in [2.05, 4.69) is 17.3 Å². The molecule has 0 aliphatic heterocycles. The standard InChI is InChI=1S/C14H23F3N4/c1-2-7-21-8-6-19-13(21)12(20-18)10-4-3-5-11(9-10)14(15,16)17/h6,8,10-12,20H,2-5,7,9,18H2,1H3. The Hall–Kier alpha value is -1.08. The maximum Gasteiger partial charge on any atom is 0.391 e. The number of halogens is 3. The van der Waals surface area contributed by atoms with Gasteiger partial charge in [0.2, 0.25) is 0 Å². The van der Waals surface area contributed by atoms with Gasteiger partial charge in [-0.1, -0.05) is 13.3 Å². The van der Waals surface area contributed by atoms with E-state index in [0.717, 1.165) is 25.2 Å². The first-order valence-electron chi connectivity index (χ1n) is 7.51. The van der Waals surface area contributed by atoms with Gasteiger partial charge in [-0.3, -0.25) is 5.84 Å². The molecule has 1 aliphatic rings. The van der Waals surface area contributed by atoms with Crippen molar-refractivity contribution < 1.29 is 13.2 Å². The van der Waals surface area contributed by atoms with Crippen molar-refractivity contribution in [2.75, 3.05) is 0 Å². The van der Waals surface area contributed by atoms with Crippen LogP contribution in [-0.2, 0) is 6.54 Å². The van der Waals surface area contributed by atoms with Crippen molar-refractivity contribution in [3.63, 3.8) is 0 Å². The number of rotatable bonds is 5. The van der Waals surface area contributed by atoms with Crippen molar-refractivity contribution in [2.24, 2.45) is 17.7 Å². The molecule has 1 aromatic rings. The first-order valence-corrected chi connectivity index (χ1v) is 7.51. The van der Waals surface area contributed by atoms with E-state index >= 15 is 0 Å². The minimum absolute atomic E-state index is 0.122. The summed E-state index contributed by atoms with van der Waals surface area (Å²) in [5, 5.41) is 0. The molecule has 120 valence electrons. The van der Waals surface area contributed by atoms with Gasteiger partial charge in [0, 0.05) is 18.9 Å². The summed E-state index contributed by atoms with van der Waals surface area (Å²) >= 11 is 0. The highest BCUT2D eigenvalue weighted by atomic mass is 19.4. The molecule has 1 aromatic heterocycles. The Morgan fingerprint density at radius 3 is 2.86 bits per heavy atom. The first-order chi connectivity index (χ1) is 9.97. The Kier molecular flexibility index (Phi) is 5.27. The van der Waals surface area contributed by atoms with Crippen LogP contribution >= 0.6 is 0 Å². The lowest BCUT2D eigenvalue weighted by Gasteiger charge is -2.34. The molecule has 0 spiro atoms. The zero-order valence-electron chi connectivity index (χ0n) is 12.2. The van der Waals surface area contributed by atoms with Crippen LogP contribution in [0, 0.1) is 11.8 Å². The van der Waals surface area contributed by atoms with Gasteiger partial charge in [-0.2, -0.15) is 13.2 Å². The van der Waals surface area contributed by atoms with Crippen LogP contribution in [0.25, 0.3) is 0 Å². The number of hydrogen-bond acceptors (Lipinski definition) is 3. The Morgan fingerprint density at radius 2 is 2.24 bits per heavy atom. The molecular formula is C14H23F3N4. The van der Waals surface area contributed by atoms with Crippen LogP contribution in [0.2, 0.25) is 0 Å². The average molecular weight is 304 g/mol. The van der Waals surface area contributed by atoms with Crippen LogP contribution in [0.3, 0.4) is 0 Å². The Labute approximate surface area is 122 Å². The number of alkyl halides is 3. The molecule has 0 saturated heterocycles. The highest BCUT2D eigenvalue weighted by Crippen LogP contribution is 2.43. The Morgan fingerprint density at radius 1 is 1.48 bits per heavy atom. The third kappa shape index (κ3) is 3.77. The van der Waals surface area contributed by atoms with E-state index in [1.54, 1.807) is 6.20 Å². The average Bonchev–Trinajstić information content (AvgIpc) is 2.88. The number of imidazole rings is 1. The smallest absolute Gasteiger partial charge is 0.334 e. The molecule has 3 N–H and O–H groups in total. The second-order valence-corrected chi connectivity index (χ2v) is 5.79. The monoisotopic (exact) mass is 304 g/mol. The van der Waals surface area contributed by atoms with Crippen LogP contribution in [0.4, 0.5) is 13.2 Å². The summed E-state index contributed by atoms with van der Waals surface area (Å²) in [6.07, 6.45) is 2.04. The summed E-state index contributed by atoms with van der Waals surface area (Å²) in [5.41, 5.74) is 2.69. The predicted molar refractivity (Wildman–Crippen MR) is 74.1 cm³/mol. The van der Waals surface area contributed by atoms with Crippen LogP contribution in [0.15, 0.2) is 12.4 Å². The molecule has 1 aliphatic carbocycles. The fraction of sp³-hybridized carbons (Fsp3) is 0.786. The van der Waals surface area contributed by atoms with Crippen molar-refractivity contribution >= 4 is 0 Å². The summed E-state index contributed by atoms with van der Waals surface area (Å²) in [5.74, 6) is 5.02.